The summed E-state index contributed by atoms with van der Waals surface area (Å²) in [7, 11) is 4.13. The van der Waals surface area contributed by atoms with Gasteiger partial charge in [0.1, 0.15) is 11.5 Å². The number of amides is 2. The predicted molar refractivity (Wildman–Crippen MR) is 133 cm³/mol. The van der Waals surface area contributed by atoms with Crippen LogP contribution in [0.1, 0.15) is 13.3 Å². The van der Waals surface area contributed by atoms with Crippen molar-refractivity contribution in [2.24, 2.45) is 0 Å². The number of nitrogens with two attached hydrogens (primary N) is 1. The summed E-state index contributed by atoms with van der Waals surface area (Å²) in [6.07, 6.45) is 6.14. The van der Waals surface area contributed by atoms with Gasteiger partial charge in [0.15, 0.2) is 0 Å². The molecule has 1 aliphatic rings. The van der Waals surface area contributed by atoms with Crippen molar-refractivity contribution in [2.45, 2.75) is 19.9 Å². The number of anilines is 1. The molecule has 0 bridgehead atoms. The van der Waals surface area contributed by atoms with Gasteiger partial charge in [0, 0.05) is 29.9 Å². The predicted octanol–water partition coefficient (Wildman–Crippen LogP) is 3.14. The second kappa shape index (κ2) is 10.3. The topological polar surface area (TPSA) is 83.8 Å². The molecule has 3 N–H and O–H groups in total. The van der Waals surface area contributed by atoms with E-state index in [0.29, 0.717) is 11.3 Å². The Hall–Kier alpha value is -3.99. The summed E-state index contributed by atoms with van der Waals surface area (Å²) in [5.41, 5.74) is 10.4. The summed E-state index contributed by atoms with van der Waals surface area (Å²) >= 11 is 0. The number of aryl methyl sites for hydroxylation is 1. The third kappa shape index (κ3) is 5.49. The fourth-order valence-electron chi connectivity index (χ4n) is 3.85. The first-order chi connectivity index (χ1) is 16.4. The highest BCUT2D eigenvalue weighted by molar-refractivity contribution is 6.06. The smallest absolute Gasteiger partial charge is 0.312 e. The van der Waals surface area contributed by atoms with Gasteiger partial charge in [-0.15, -0.1) is 0 Å². The van der Waals surface area contributed by atoms with Gasteiger partial charge in [-0.2, -0.15) is 0 Å². The molecule has 3 aromatic rings. The Labute approximate surface area is 198 Å². The molecule has 34 heavy (non-hydrogen) atoms. The quantitative estimate of drug-likeness (QED) is 0.405. The highest BCUT2D eigenvalue weighted by Gasteiger charge is 2.15. The molecule has 4 rings (SSSR count). The molecule has 0 saturated heterocycles. The Morgan fingerprint density at radius 1 is 1.15 bits per heavy atom. The molecule has 0 aliphatic heterocycles. The first-order valence-electron chi connectivity index (χ1n) is 11.2. The van der Waals surface area contributed by atoms with Crippen molar-refractivity contribution in [3.8, 4) is 11.4 Å². The molecule has 1 heterocycles. The molecule has 0 atom stereocenters. The summed E-state index contributed by atoms with van der Waals surface area (Å²) in [6.45, 7) is 3.32. The van der Waals surface area contributed by atoms with Crippen molar-refractivity contribution in [2.75, 3.05) is 26.0 Å². The third-order valence-corrected chi connectivity index (χ3v) is 5.43. The largest absolute Gasteiger partial charge is 0.324 e. The van der Waals surface area contributed by atoms with E-state index in [9.17, 15) is 9.59 Å². The molecule has 1 aromatic heterocycles. The maximum atomic E-state index is 12.5. The normalized spacial score (nSPS) is 12.4. The number of allylic oxidation sites excluding steroid dienone is 2. The number of hydrogen-bond acceptors (Lipinski definition) is 4. The van der Waals surface area contributed by atoms with Crippen LogP contribution in [-0.4, -0.2) is 46.9 Å². The SMILES string of the molecule is CC(=O)[NH2+]c1ccc(-c2nc3cc(NC(=O)C4=C=C=CC=C4)ccc3n2CCCN(C)C)cc1. The average molecular weight is 455 g/mol. The number of aromatic nitrogens is 2. The molecule has 0 saturated carbocycles. The number of carbonyl (C=O) groups is 2. The third-order valence-electron chi connectivity index (χ3n) is 5.43. The van der Waals surface area contributed by atoms with Crippen LogP contribution >= 0.6 is 0 Å². The molecule has 0 fully saturated rings. The minimum Gasteiger partial charge on any atom is -0.324 e. The van der Waals surface area contributed by atoms with Crippen molar-refractivity contribution in [1.29, 1.82) is 0 Å². The Bertz CT molecular complexity index is 1370. The maximum absolute atomic E-state index is 12.5. The van der Waals surface area contributed by atoms with Gasteiger partial charge < -0.3 is 14.8 Å². The van der Waals surface area contributed by atoms with Crippen LogP contribution in [0, 0.1) is 0 Å². The lowest BCUT2D eigenvalue weighted by atomic mass is 10.2. The number of imidazole rings is 1. The van der Waals surface area contributed by atoms with Gasteiger partial charge in [0.2, 0.25) is 0 Å². The molecule has 0 radical (unpaired) electrons. The van der Waals surface area contributed by atoms with Crippen molar-refractivity contribution >= 4 is 34.2 Å². The number of quaternary nitrogens is 1. The second-order valence-corrected chi connectivity index (χ2v) is 8.49. The average Bonchev–Trinajstić information content (AvgIpc) is 3.17. The van der Waals surface area contributed by atoms with Crippen LogP contribution in [0.2, 0.25) is 0 Å². The zero-order valence-electron chi connectivity index (χ0n) is 19.6. The standard InChI is InChI=1S/C27H27N5O2/c1-19(33)28-22-12-10-20(11-13-22)26-30-24-18-23(29-27(34)21-8-5-4-6-9-21)14-15-25(24)32(26)17-7-16-31(2)3/h4-5,8,10-15,18H,7,16-17H2,1-3H3,(H,28,33)(H,29,34)/p+1. The Morgan fingerprint density at radius 2 is 1.94 bits per heavy atom. The van der Waals surface area contributed by atoms with E-state index in [2.05, 4.69) is 40.3 Å². The van der Waals surface area contributed by atoms with E-state index in [1.165, 1.54) is 0 Å². The first-order valence-corrected chi connectivity index (χ1v) is 11.2. The summed E-state index contributed by atoms with van der Waals surface area (Å²) in [4.78, 5) is 31.0. The highest BCUT2D eigenvalue weighted by atomic mass is 16.2. The fourth-order valence-corrected chi connectivity index (χ4v) is 3.85. The Balaban J connectivity index is 1.67. The van der Waals surface area contributed by atoms with Crippen LogP contribution in [0.5, 0.6) is 0 Å². The van der Waals surface area contributed by atoms with E-state index >= 15 is 0 Å². The van der Waals surface area contributed by atoms with Crippen molar-refractivity contribution < 1.29 is 14.9 Å². The highest BCUT2D eigenvalue weighted by Crippen LogP contribution is 2.28. The number of hydrogen-bond donors (Lipinski definition) is 2. The van der Waals surface area contributed by atoms with Crippen LogP contribution in [0.4, 0.5) is 11.4 Å². The molecular formula is C27H28N5O2+. The second-order valence-electron chi connectivity index (χ2n) is 8.49. The van der Waals surface area contributed by atoms with Crippen molar-refractivity contribution in [3.05, 3.63) is 77.7 Å². The number of benzene rings is 2. The number of fused-ring (bicyclic) bond motifs is 1. The van der Waals surface area contributed by atoms with Crippen LogP contribution in [0.3, 0.4) is 0 Å². The van der Waals surface area contributed by atoms with Gasteiger partial charge >= 0.3 is 5.91 Å². The van der Waals surface area contributed by atoms with Crippen molar-refractivity contribution in [3.63, 3.8) is 0 Å². The van der Waals surface area contributed by atoms with Gasteiger partial charge in [-0.05, 0) is 69.5 Å². The summed E-state index contributed by atoms with van der Waals surface area (Å²) in [5, 5.41) is 4.53. The molecule has 172 valence electrons. The molecular weight excluding hydrogens is 426 g/mol. The number of nitrogens with one attached hydrogen (secondary N) is 1. The minimum absolute atomic E-state index is 0.0178. The first kappa shape index (κ1) is 23.2. The Kier molecular flexibility index (Phi) is 7.02. The van der Waals surface area contributed by atoms with Gasteiger partial charge in [0.05, 0.1) is 23.5 Å². The lowest BCUT2D eigenvalue weighted by Gasteiger charge is -2.13. The van der Waals surface area contributed by atoms with Crippen LogP contribution < -0.4 is 10.6 Å². The van der Waals surface area contributed by atoms with E-state index in [4.69, 9.17) is 4.98 Å². The van der Waals surface area contributed by atoms with Crippen molar-refractivity contribution in [1.82, 2.24) is 14.5 Å². The number of carbonyl (C=O) groups excluding carboxylic acids is 2. The summed E-state index contributed by atoms with van der Waals surface area (Å²) < 4.78 is 2.22. The number of rotatable bonds is 8. The van der Waals surface area contributed by atoms with Gasteiger partial charge in [0.25, 0.3) is 5.91 Å². The lowest BCUT2D eigenvalue weighted by Crippen LogP contribution is -2.81. The van der Waals surface area contributed by atoms with Gasteiger partial charge in [-0.3, -0.25) is 10.1 Å². The summed E-state index contributed by atoms with van der Waals surface area (Å²) in [6, 6.07) is 13.6. The van der Waals surface area contributed by atoms with E-state index in [1.54, 1.807) is 30.5 Å². The molecule has 0 unspecified atom stereocenters. The minimum atomic E-state index is -0.237. The molecule has 7 heteroatoms. The van der Waals surface area contributed by atoms with E-state index in [0.717, 1.165) is 47.6 Å². The van der Waals surface area contributed by atoms with E-state index < -0.39 is 0 Å². The monoisotopic (exact) mass is 454 g/mol. The molecule has 0 spiro atoms. The Morgan fingerprint density at radius 3 is 2.62 bits per heavy atom. The van der Waals surface area contributed by atoms with Crippen LogP contribution in [0.25, 0.3) is 22.4 Å². The maximum Gasteiger partial charge on any atom is 0.312 e. The fraction of sp³-hybridized carbons (Fsp3) is 0.222. The number of primary amides is 1. The molecule has 2 amide bonds. The zero-order valence-corrected chi connectivity index (χ0v) is 19.6. The van der Waals surface area contributed by atoms with Gasteiger partial charge in [-0.25, -0.2) is 9.78 Å². The molecule has 1 aliphatic carbocycles. The molecule has 2 aromatic carbocycles. The van der Waals surface area contributed by atoms with Crippen LogP contribution in [0.15, 0.2) is 77.7 Å². The lowest BCUT2D eigenvalue weighted by molar-refractivity contribution is -0.481. The summed E-state index contributed by atoms with van der Waals surface area (Å²) in [5.74, 6) is 0.640. The van der Waals surface area contributed by atoms with Gasteiger partial charge in [-0.1, -0.05) is 17.5 Å². The van der Waals surface area contributed by atoms with Crippen LogP contribution in [-0.2, 0) is 16.1 Å². The number of nitrogens with zero attached hydrogens (tertiary/aromatic N) is 3. The molecule has 7 nitrogen and oxygen atoms in total. The van der Waals surface area contributed by atoms with E-state index in [-0.39, 0.29) is 11.8 Å². The zero-order chi connectivity index (χ0) is 24.1. The van der Waals surface area contributed by atoms with E-state index in [1.807, 2.05) is 42.5 Å².